The number of fused-ring (bicyclic) bond motifs is 1. The second-order valence-corrected chi connectivity index (χ2v) is 8.80. The first-order valence-corrected chi connectivity index (χ1v) is 11.6. The molecule has 0 fully saturated rings. The van der Waals surface area contributed by atoms with Crippen molar-refractivity contribution >= 4 is 34.0 Å². The van der Waals surface area contributed by atoms with Gasteiger partial charge in [-0.25, -0.2) is 5.43 Å². The summed E-state index contributed by atoms with van der Waals surface area (Å²) in [6.07, 6.45) is 3.51. The van der Waals surface area contributed by atoms with E-state index in [4.69, 9.17) is 14.2 Å². The van der Waals surface area contributed by atoms with Crippen molar-refractivity contribution in [3.8, 4) is 17.2 Å². The van der Waals surface area contributed by atoms with Crippen LogP contribution in [-0.4, -0.2) is 37.5 Å². The molecule has 1 aliphatic rings. The number of halogens is 1. The normalized spacial score (nSPS) is 13.2. The number of unbranched alkanes of at least 4 members (excludes halogenated alkanes) is 1. The molecule has 1 atom stereocenters. The van der Waals surface area contributed by atoms with Crippen molar-refractivity contribution in [2.45, 2.75) is 39.7 Å². The van der Waals surface area contributed by atoms with E-state index in [0.29, 0.717) is 29.4 Å². The van der Waals surface area contributed by atoms with Crippen molar-refractivity contribution in [1.29, 1.82) is 0 Å². The fourth-order valence-corrected chi connectivity index (χ4v) is 3.49. The van der Waals surface area contributed by atoms with E-state index < -0.39 is 11.9 Å². The van der Waals surface area contributed by atoms with Crippen molar-refractivity contribution in [3.63, 3.8) is 0 Å². The molecule has 33 heavy (non-hydrogen) atoms. The number of nitrogens with zero attached hydrogens (tertiary/aromatic N) is 1. The standard InChI is InChI=1S/C24H28BrN3O5/c1-4-5-10-31-19-9-7-18(25)11-17(19)13-26-28-24(30)22(15(2)3)27-23(29)16-6-8-20-21(12-16)33-14-32-20/h6-9,11-13,15,22H,4-5,10,14H2,1-3H3,(H,27,29)(H,28,30). The van der Waals surface area contributed by atoms with Gasteiger partial charge in [-0.1, -0.05) is 43.1 Å². The van der Waals surface area contributed by atoms with Crippen molar-refractivity contribution in [2.24, 2.45) is 11.0 Å². The topological polar surface area (TPSA) is 98.2 Å². The van der Waals surface area contributed by atoms with Crippen LogP contribution in [0.4, 0.5) is 0 Å². The Hall–Kier alpha value is -3.07. The fraction of sp³-hybridized carbons (Fsp3) is 0.375. The molecule has 8 nitrogen and oxygen atoms in total. The van der Waals surface area contributed by atoms with Gasteiger partial charge in [0.1, 0.15) is 11.8 Å². The number of benzene rings is 2. The number of carbonyl (C=O) groups excluding carboxylic acids is 2. The van der Waals surface area contributed by atoms with E-state index in [9.17, 15) is 9.59 Å². The Morgan fingerprint density at radius 3 is 2.73 bits per heavy atom. The molecular formula is C24H28BrN3O5. The molecule has 2 aromatic carbocycles. The monoisotopic (exact) mass is 517 g/mol. The van der Waals surface area contributed by atoms with Gasteiger partial charge in [-0.05, 0) is 48.7 Å². The Labute approximate surface area is 201 Å². The molecule has 0 saturated heterocycles. The summed E-state index contributed by atoms with van der Waals surface area (Å²) in [5.74, 6) is 0.815. The van der Waals surface area contributed by atoms with E-state index in [1.807, 2.05) is 32.0 Å². The van der Waals surface area contributed by atoms with Gasteiger partial charge in [0.15, 0.2) is 11.5 Å². The van der Waals surface area contributed by atoms with Crippen LogP contribution in [0.15, 0.2) is 46.0 Å². The molecular weight excluding hydrogens is 490 g/mol. The minimum Gasteiger partial charge on any atom is -0.493 e. The van der Waals surface area contributed by atoms with Crippen LogP contribution < -0.4 is 25.0 Å². The first-order chi connectivity index (χ1) is 15.9. The number of amides is 2. The van der Waals surface area contributed by atoms with Crippen LogP contribution in [0.5, 0.6) is 17.2 Å². The van der Waals surface area contributed by atoms with Crippen LogP contribution in [0, 0.1) is 5.92 Å². The second kappa shape index (κ2) is 11.7. The lowest BCUT2D eigenvalue weighted by Crippen LogP contribution is -2.48. The summed E-state index contributed by atoms with van der Waals surface area (Å²) in [5, 5.41) is 6.86. The van der Waals surface area contributed by atoms with Crippen molar-refractivity contribution in [1.82, 2.24) is 10.7 Å². The third-order valence-electron chi connectivity index (χ3n) is 4.98. The zero-order chi connectivity index (χ0) is 23.8. The third-order valence-corrected chi connectivity index (χ3v) is 5.47. The number of hydrazone groups is 1. The number of nitrogens with one attached hydrogen (secondary N) is 2. The van der Waals surface area contributed by atoms with E-state index in [-0.39, 0.29) is 18.6 Å². The predicted molar refractivity (Wildman–Crippen MR) is 129 cm³/mol. The van der Waals surface area contributed by atoms with Crippen LogP contribution >= 0.6 is 15.9 Å². The molecule has 2 aromatic rings. The highest BCUT2D eigenvalue weighted by Crippen LogP contribution is 2.32. The third kappa shape index (κ3) is 6.71. The number of hydrogen-bond acceptors (Lipinski definition) is 6. The van der Waals surface area contributed by atoms with Gasteiger partial charge in [0.2, 0.25) is 6.79 Å². The summed E-state index contributed by atoms with van der Waals surface area (Å²) < 4.78 is 17.3. The van der Waals surface area contributed by atoms with Crippen LogP contribution in [0.1, 0.15) is 49.5 Å². The average Bonchev–Trinajstić information content (AvgIpc) is 3.26. The molecule has 0 saturated carbocycles. The zero-order valence-electron chi connectivity index (χ0n) is 18.9. The highest BCUT2D eigenvalue weighted by atomic mass is 79.9. The van der Waals surface area contributed by atoms with Crippen molar-refractivity contribution in [3.05, 3.63) is 52.0 Å². The largest absolute Gasteiger partial charge is 0.493 e. The Morgan fingerprint density at radius 2 is 1.97 bits per heavy atom. The van der Waals surface area contributed by atoms with Gasteiger partial charge in [0.05, 0.1) is 12.8 Å². The molecule has 9 heteroatoms. The maximum Gasteiger partial charge on any atom is 0.262 e. The number of ether oxygens (including phenoxy) is 3. The molecule has 1 heterocycles. The van der Waals surface area contributed by atoms with E-state index in [0.717, 1.165) is 22.9 Å². The van der Waals surface area contributed by atoms with Crippen LogP contribution in [0.25, 0.3) is 0 Å². The Bertz CT molecular complexity index is 1030. The average molecular weight is 518 g/mol. The van der Waals surface area contributed by atoms with Crippen molar-refractivity contribution in [2.75, 3.05) is 13.4 Å². The lowest BCUT2D eigenvalue weighted by Gasteiger charge is -2.20. The smallest absolute Gasteiger partial charge is 0.262 e. The molecule has 2 N–H and O–H groups in total. The maximum absolute atomic E-state index is 12.8. The minimum absolute atomic E-state index is 0.124. The van der Waals surface area contributed by atoms with E-state index >= 15 is 0 Å². The molecule has 0 bridgehead atoms. The summed E-state index contributed by atoms with van der Waals surface area (Å²) in [7, 11) is 0. The molecule has 0 spiro atoms. The Morgan fingerprint density at radius 1 is 1.18 bits per heavy atom. The number of hydrogen-bond donors (Lipinski definition) is 2. The summed E-state index contributed by atoms with van der Waals surface area (Å²) in [5.41, 5.74) is 3.63. The van der Waals surface area contributed by atoms with Gasteiger partial charge in [-0.15, -0.1) is 0 Å². The zero-order valence-corrected chi connectivity index (χ0v) is 20.5. The van der Waals surface area contributed by atoms with Crippen LogP contribution in [-0.2, 0) is 4.79 Å². The first kappa shape index (κ1) is 24.6. The Kier molecular flexibility index (Phi) is 8.71. The van der Waals surface area contributed by atoms with E-state index in [2.05, 4.69) is 38.7 Å². The molecule has 1 unspecified atom stereocenters. The fourth-order valence-electron chi connectivity index (χ4n) is 3.11. The van der Waals surface area contributed by atoms with Gasteiger partial charge in [-0.2, -0.15) is 5.10 Å². The van der Waals surface area contributed by atoms with E-state index in [1.165, 1.54) is 6.21 Å². The highest BCUT2D eigenvalue weighted by Gasteiger charge is 2.25. The molecule has 0 radical (unpaired) electrons. The SMILES string of the molecule is CCCCOc1ccc(Br)cc1C=NNC(=O)C(NC(=O)c1ccc2c(c1)OCO2)C(C)C. The second-order valence-electron chi connectivity index (χ2n) is 7.88. The van der Waals surface area contributed by atoms with Crippen LogP contribution in [0.3, 0.4) is 0 Å². The summed E-state index contributed by atoms with van der Waals surface area (Å²) >= 11 is 3.44. The first-order valence-electron chi connectivity index (χ1n) is 10.8. The minimum atomic E-state index is -0.775. The lowest BCUT2D eigenvalue weighted by molar-refractivity contribution is -0.123. The summed E-state index contributed by atoms with van der Waals surface area (Å²) in [6, 6.07) is 9.72. The summed E-state index contributed by atoms with van der Waals surface area (Å²) in [4.78, 5) is 25.5. The quantitative estimate of drug-likeness (QED) is 0.278. The van der Waals surface area contributed by atoms with Gasteiger partial charge in [0.25, 0.3) is 11.8 Å². The maximum atomic E-state index is 12.8. The predicted octanol–water partition coefficient (Wildman–Crippen LogP) is 4.26. The molecule has 1 aliphatic heterocycles. The highest BCUT2D eigenvalue weighted by molar-refractivity contribution is 9.10. The van der Waals surface area contributed by atoms with Gasteiger partial charge >= 0.3 is 0 Å². The molecule has 0 aromatic heterocycles. The van der Waals surface area contributed by atoms with Gasteiger partial charge < -0.3 is 19.5 Å². The van der Waals surface area contributed by atoms with Crippen molar-refractivity contribution < 1.29 is 23.8 Å². The number of rotatable bonds is 10. The lowest BCUT2D eigenvalue weighted by atomic mass is 10.0. The number of carbonyl (C=O) groups is 2. The van der Waals surface area contributed by atoms with Gasteiger partial charge in [-0.3, -0.25) is 9.59 Å². The molecule has 2 amide bonds. The summed E-state index contributed by atoms with van der Waals surface area (Å²) in [6.45, 7) is 6.52. The van der Waals surface area contributed by atoms with Crippen LogP contribution in [0.2, 0.25) is 0 Å². The molecule has 176 valence electrons. The van der Waals surface area contributed by atoms with E-state index in [1.54, 1.807) is 18.2 Å². The molecule has 3 rings (SSSR count). The Balaban J connectivity index is 1.64. The molecule has 0 aliphatic carbocycles. The van der Waals surface area contributed by atoms with Gasteiger partial charge in [0, 0.05) is 15.6 Å².